The van der Waals surface area contributed by atoms with Crippen molar-refractivity contribution in [1.82, 2.24) is 9.88 Å². The van der Waals surface area contributed by atoms with Gasteiger partial charge in [-0.3, -0.25) is 0 Å². The summed E-state index contributed by atoms with van der Waals surface area (Å²) in [5, 5.41) is 0. The average molecular weight is 226 g/mol. The molecule has 0 spiro atoms. The topological polar surface area (TPSA) is 54.2 Å². The molecular weight excluding hydrogens is 208 g/mol. The van der Waals surface area contributed by atoms with E-state index in [1.807, 2.05) is 30.0 Å². The molecule has 15 heavy (non-hydrogen) atoms. The molecule has 0 bridgehead atoms. The summed E-state index contributed by atoms with van der Waals surface area (Å²) < 4.78 is 0. The smallest absolute Gasteiger partial charge is 0.140 e. The van der Waals surface area contributed by atoms with Gasteiger partial charge in [-0.15, -0.1) is 0 Å². The Labute approximate surface area is 95.2 Å². The van der Waals surface area contributed by atoms with E-state index in [1.165, 1.54) is 0 Å². The van der Waals surface area contributed by atoms with Gasteiger partial charge in [-0.1, -0.05) is 6.07 Å². The third kappa shape index (κ3) is 5.01. The number of pyridine rings is 1. The Bertz CT molecular complexity index is 291. The van der Waals surface area contributed by atoms with E-state index in [0.717, 1.165) is 29.6 Å². The van der Waals surface area contributed by atoms with Crippen molar-refractivity contribution in [3.05, 3.63) is 23.9 Å². The fourth-order valence-corrected chi connectivity index (χ4v) is 2.07. The second kappa shape index (κ2) is 6.66. The van der Waals surface area contributed by atoms with Gasteiger partial charge in [0.25, 0.3) is 0 Å². The van der Waals surface area contributed by atoms with Crippen LogP contribution in [0.15, 0.2) is 18.2 Å². The van der Waals surface area contributed by atoms with Crippen LogP contribution in [0.3, 0.4) is 0 Å². The van der Waals surface area contributed by atoms with E-state index in [4.69, 9.17) is 5.84 Å². The Kier molecular flexibility index (Phi) is 5.45. The van der Waals surface area contributed by atoms with E-state index in [-0.39, 0.29) is 0 Å². The van der Waals surface area contributed by atoms with Gasteiger partial charge in [-0.05, 0) is 26.2 Å². The molecule has 3 N–H and O–H groups in total. The third-order valence-electron chi connectivity index (χ3n) is 1.89. The SMILES string of the molecule is CN(C)CCSCc1cccc(NN)n1. The molecule has 4 nitrogen and oxygen atoms in total. The summed E-state index contributed by atoms with van der Waals surface area (Å²) in [6.45, 7) is 1.10. The van der Waals surface area contributed by atoms with Crippen molar-refractivity contribution in [2.24, 2.45) is 5.84 Å². The number of nitrogen functional groups attached to an aromatic ring is 1. The van der Waals surface area contributed by atoms with E-state index < -0.39 is 0 Å². The molecule has 0 radical (unpaired) electrons. The number of aromatic nitrogens is 1. The minimum atomic E-state index is 0.723. The van der Waals surface area contributed by atoms with Crippen LogP contribution >= 0.6 is 11.8 Å². The maximum Gasteiger partial charge on any atom is 0.140 e. The quantitative estimate of drug-likeness (QED) is 0.433. The van der Waals surface area contributed by atoms with E-state index in [2.05, 4.69) is 29.4 Å². The zero-order valence-corrected chi connectivity index (χ0v) is 10.0. The second-order valence-electron chi connectivity index (χ2n) is 3.51. The van der Waals surface area contributed by atoms with E-state index in [0.29, 0.717) is 0 Å². The first kappa shape index (κ1) is 12.3. The Balaban J connectivity index is 2.30. The zero-order valence-electron chi connectivity index (χ0n) is 9.23. The minimum absolute atomic E-state index is 0.723. The highest BCUT2D eigenvalue weighted by Crippen LogP contribution is 2.11. The lowest BCUT2D eigenvalue weighted by Gasteiger charge is -2.08. The van der Waals surface area contributed by atoms with Gasteiger partial charge < -0.3 is 10.3 Å². The number of anilines is 1. The predicted octanol–water partition coefficient (Wildman–Crippen LogP) is 1.16. The van der Waals surface area contributed by atoms with Gasteiger partial charge >= 0.3 is 0 Å². The van der Waals surface area contributed by atoms with Crippen LogP contribution in [-0.2, 0) is 5.75 Å². The van der Waals surface area contributed by atoms with Crippen molar-refractivity contribution in [2.75, 3.05) is 31.8 Å². The number of hydrazine groups is 1. The van der Waals surface area contributed by atoms with E-state index >= 15 is 0 Å². The normalized spacial score (nSPS) is 10.7. The molecule has 0 aliphatic carbocycles. The Morgan fingerprint density at radius 2 is 2.27 bits per heavy atom. The molecule has 1 heterocycles. The molecule has 0 aliphatic heterocycles. The first-order valence-corrected chi connectivity index (χ1v) is 6.03. The highest BCUT2D eigenvalue weighted by Gasteiger charge is 1.97. The highest BCUT2D eigenvalue weighted by atomic mass is 32.2. The van der Waals surface area contributed by atoms with Crippen molar-refractivity contribution in [3.8, 4) is 0 Å². The molecule has 1 rings (SSSR count). The predicted molar refractivity (Wildman–Crippen MR) is 66.8 cm³/mol. The molecule has 84 valence electrons. The summed E-state index contributed by atoms with van der Waals surface area (Å²) in [5.74, 6) is 8.06. The van der Waals surface area contributed by atoms with Crippen molar-refractivity contribution < 1.29 is 0 Å². The number of nitrogens with two attached hydrogens (primary N) is 1. The molecule has 0 saturated heterocycles. The van der Waals surface area contributed by atoms with Gasteiger partial charge in [-0.25, -0.2) is 10.8 Å². The molecule has 0 unspecified atom stereocenters. The second-order valence-corrected chi connectivity index (χ2v) is 4.62. The fourth-order valence-electron chi connectivity index (χ4n) is 1.06. The number of hydrogen-bond donors (Lipinski definition) is 2. The Morgan fingerprint density at radius 1 is 1.47 bits per heavy atom. The summed E-state index contributed by atoms with van der Waals surface area (Å²) in [6.07, 6.45) is 0. The summed E-state index contributed by atoms with van der Waals surface area (Å²) in [5.41, 5.74) is 3.61. The number of hydrogen-bond acceptors (Lipinski definition) is 5. The van der Waals surface area contributed by atoms with Gasteiger partial charge in [0.15, 0.2) is 0 Å². The summed E-state index contributed by atoms with van der Waals surface area (Å²) in [4.78, 5) is 6.52. The summed E-state index contributed by atoms with van der Waals surface area (Å²) in [6, 6.07) is 5.83. The monoisotopic (exact) mass is 226 g/mol. The van der Waals surface area contributed by atoms with E-state index in [9.17, 15) is 0 Å². The van der Waals surface area contributed by atoms with Gasteiger partial charge in [0.2, 0.25) is 0 Å². The van der Waals surface area contributed by atoms with Crippen LogP contribution < -0.4 is 11.3 Å². The molecule has 0 amide bonds. The molecule has 0 aliphatic rings. The summed E-state index contributed by atoms with van der Waals surface area (Å²) in [7, 11) is 4.16. The van der Waals surface area contributed by atoms with Crippen LogP contribution in [0.2, 0.25) is 0 Å². The van der Waals surface area contributed by atoms with Gasteiger partial charge in [0.05, 0.1) is 5.69 Å². The van der Waals surface area contributed by atoms with Crippen molar-refractivity contribution in [2.45, 2.75) is 5.75 Å². The lowest BCUT2D eigenvalue weighted by atomic mass is 10.4. The van der Waals surface area contributed by atoms with Gasteiger partial charge in [0.1, 0.15) is 5.82 Å². The number of nitrogens with one attached hydrogen (secondary N) is 1. The van der Waals surface area contributed by atoms with Crippen molar-refractivity contribution in [3.63, 3.8) is 0 Å². The van der Waals surface area contributed by atoms with Gasteiger partial charge in [-0.2, -0.15) is 11.8 Å². The Morgan fingerprint density at radius 3 is 2.93 bits per heavy atom. The largest absolute Gasteiger partial charge is 0.309 e. The molecule has 0 atom stereocenters. The van der Waals surface area contributed by atoms with Crippen LogP contribution in [0.1, 0.15) is 5.69 Å². The fraction of sp³-hybridized carbons (Fsp3) is 0.500. The van der Waals surface area contributed by atoms with E-state index in [1.54, 1.807) is 0 Å². The molecule has 5 heteroatoms. The lowest BCUT2D eigenvalue weighted by molar-refractivity contribution is 0.437. The minimum Gasteiger partial charge on any atom is -0.309 e. The molecule has 1 aromatic rings. The number of rotatable bonds is 6. The standard InChI is InChI=1S/C10H18N4S/c1-14(2)6-7-15-8-9-4-3-5-10(12-9)13-11/h3-5H,6-8,11H2,1-2H3,(H,12,13). The highest BCUT2D eigenvalue weighted by molar-refractivity contribution is 7.98. The van der Waals surface area contributed by atoms with Crippen LogP contribution in [0, 0.1) is 0 Å². The summed E-state index contributed by atoms with van der Waals surface area (Å²) >= 11 is 1.88. The molecule has 1 aromatic heterocycles. The van der Waals surface area contributed by atoms with Crippen LogP contribution in [0.4, 0.5) is 5.82 Å². The maximum atomic E-state index is 5.29. The zero-order chi connectivity index (χ0) is 11.1. The van der Waals surface area contributed by atoms with Crippen LogP contribution in [0.25, 0.3) is 0 Å². The molecule has 0 aromatic carbocycles. The first-order valence-electron chi connectivity index (χ1n) is 4.87. The molecule has 0 saturated carbocycles. The average Bonchev–Trinajstić information content (AvgIpc) is 2.24. The molecule has 0 fully saturated rings. The third-order valence-corrected chi connectivity index (χ3v) is 2.86. The van der Waals surface area contributed by atoms with Gasteiger partial charge in [0, 0.05) is 18.1 Å². The lowest BCUT2D eigenvalue weighted by Crippen LogP contribution is -2.15. The first-order chi connectivity index (χ1) is 7.22. The van der Waals surface area contributed by atoms with Crippen molar-refractivity contribution >= 4 is 17.6 Å². The van der Waals surface area contributed by atoms with Crippen molar-refractivity contribution in [1.29, 1.82) is 0 Å². The Hall–Kier alpha value is -0.780. The van der Waals surface area contributed by atoms with Crippen LogP contribution in [-0.4, -0.2) is 36.3 Å². The number of nitrogens with zero attached hydrogens (tertiary/aromatic N) is 2. The van der Waals surface area contributed by atoms with Crippen LogP contribution in [0.5, 0.6) is 0 Å². The molecular formula is C10H18N4S. The number of thioether (sulfide) groups is 1. The maximum absolute atomic E-state index is 5.29.